The van der Waals surface area contributed by atoms with Gasteiger partial charge in [-0.05, 0) is 55.5 Å². The second-order valence-electron chi connectivity index (χ2n) is 8.36. The minimum absolute atomic E-state index is 0. The van der Waals surface area contributed by atoms with Gasteiger partial charge in [0.25, 0.3) is 0 Å². The molecule has 1 aliphatic carbocycles. The molecule has 0 unspecified atom stereocenters. The van der Waals surface area contributed by atoms with Crippen LogP contribution in [0.5, 0.6) is 11.5 Å². The molecule has 0 amide bonds. The first-order valence-electron chi connectivity index (χ1n) is 10.8. The standard InChI is InChI=1S/C24H31N5O2.CH4/c1-29(2)23-19-6-4-5-7-20(19)27-24(28-23)26-18-11-9-17(10-12-18)25-15-16-8-13-21(30)22(14-16)31-3;/h4-8,13-14,17-18,25,30H,9-12,15H2,1-3H3,(H,26,27,28);1H4. The number of para-hydroxylation sites is 1. The lowest BCUT2D eigenvalue weighted by Crippen LogP contribution is -2.37. The number of phenols is 1. The quantitative estimate of drug-likeness (QED) is 0.500. The van der Waals surface area contributed by atoms with Crippen molar-refractivity contribution in [2.45, 2.75) is 51.7 Å². The van der Waals surface area contributed by atoms with Crippen molar-refractivity contribution in [2.24, 2.45) is 0 Å². The number of hydrogen-bond donors (Lipinski definition) is 3. The van der Waals surface area contributed by atoms with E-state index in [-0.39, 0.29) is 13.2 Å². The van der Waals surface area contributed by atoms with Crippen LogP contribution >= 0.6 is 0 Å². The summed E-state index contributed by atoms with van der Waals surface area (Å²) in [7, 11) is 5.60. The van der Waals surface area contributed by atoms with Gasteiger partial charge < -0.3 is 25.4 Å². The zero-order valence-electron chi connectivity index (χ0n) is 18.4. The van der Waals surface area contributed by atoms with Gasteiger partial charge in [-0.3, -0.25) is 0 Å². The number of fused-ring (bicyclic) bond motifs is 1. The van der Waals surface area contributed by atoms with Gasteiger partial charge in [0.1, 0.15) is 5.82 Å². The van der Waals surface area contributed by atoms with Crippen LogP contribution < -0.4 is 20.3 Å². The fraction of sp³-hybridized carbons (Fsp3) is 0.440. The lowest BCUT2D eigenvalue weighted by atomic mass is 9.91. The number of phenolic OH excluding ortho intramolecular Hbond substituents is 1. The Hall–Kier alpha value is -3.06. The van der Waals surface area contributed by atoms with Crippen LogP contribution in [0.25, 0.3) is 10.9 Å². The summed E-state index contributed by atoms with van der Waals surface area (Å²) in [5, 5.41) is 18.0. The van der Waals surface area contributed by atoms with Crippen molar-refractivity contribution in [3.05, 3.63) is 48.0 Å². The third-order valence-electron chi connectivity index (χ3n) is 5.91. The molecule has 0 atom stereocenters. The molecule has 2 aromatic carbocycles. The van der Waals surface area contributed by atoms with E-state index in [2.05, 4.69) is 16.7 Å². The average Bonchev–Trinajstić information content (AvgIpc) is 2.79. The number of hydrogen-bond acceptors (Lipinski definition) is 7. The summed E-state index contributed by atoms with van der Waals surface area (Å²) in [6.07, 6.45) is 4.34. The minimum atomic E-state index is 0. The number of methoxy groups -OCH3 is 1. The second kappa shape index (κ2) is 10.5. The van der Waals surface area contributed by atoms with Gasteiger partial charge in [0.05, 0.1) is 12.6 Å². The third kappa shape index (κ3) is 5.40. The van der Waals surface area contributed by atoms with E-state index in [1.807, 2.05) is 49.3 Å². The van der Waals surface area contributed by atoms with Crippen molar-refractivity contribution in [3.63, 3.8) is 0 Å². The monoisotopic (exact) mass is 437 g/mol. The van der Waals surface area contributed by atoms with E-state index in [1.165, 1.54) is 0 Å². The SMILES string of the molecule is C.COc1cc(CNC2CCC(Nc3nc(N(C)C)c4ccccc4n3)CC2)ccc1O. The smallest absolute Gasteiger partial charge is 0.225 e. The highest BCUT2D eigenvalue weighted by Gasteiger charge is 2.22. The summed E-state index contributed by atoms with van der Waals surface area (Å²) >= 11 is 0. The molecule has 0 saturated heterocycles. The van der Waals surface area contributed by atoms with E-state index < -0.39 is 0 Å². The molecule has 1 aliphatic rings. The maximum absolute atomic E-state index is 9.74. The topological polar surface area (TPSA) is 82.5 Å². The summed E-state index contributed by atoms with van der Waals surface area (Å²) < 4.78 is 5.20. The molecule has 172 valence electrons. The predicted molar refractivity (Wildman–Crippen MR) is 132 cm³/mol. The molecule has 1 saturated carbocycles. The summed E-state index contributed by atoms with van der Waals surface area (Å²) in [4.78, 5) is 11.5. The fourth-order valence-corrected chi connectivity index (χ4v) is 4.18. The molecule has 0 spiro atoms. The van der Waals surface area contributed by atoms with Gasteiger partial charge in [-0.25, -0.2) is 4.98 Å². The van der Waals surface area contributed by atoms with Crippen molar-refractivity contribution in [1.29, 1.82) is 0 Å². The van der Waals surface area contributed by atoms with Crippen LogP contribution in [-0.2, 0) is 6.54 Å². The normalized spacial score (nSPS) is 18.1. The molecule has 0 bridgehead atoms. The maximum Gasteiger partial charge on any atom is 0.225 e. The Morgan fingerprint density at radius 3 is 2.47 bits per heavy atom. The molecule has 1 fully saturated rings. The minimum Gasteiger partial charge on any atom is -0.504 e. The van der Waals surface area contributed by atoms with Gasteiger partial charge in [-0.2, -0.15) is 4.98 Å². The van der Waals surface area contributed by atoms with Crippen molar-refractivity contribution in [3.8, 4) is 11.5 Å². The van der Waals surface area contributed by atoms with Crippen LogP contribution in [0.2, 0.25) is 0 Å². The summed E-state index contributed by atoms with van der Waals surface area (Å²) in [6, 6.07) is 14.5. The van der Waals surface area contributed by atoms with E-state index in [0.29, 0.717) is 23.8 Å². The van der Waals surface area contributed by atoms with Gasteiger partial charge in [-0.1, -0.05) is 25.6 Å². The Labute approximate surface area is 190 Å². The Balaban J connectivity index is 0.00000289. The largest absolute Gasteiger partial charge is 0.504 e. The van der Waals surface area contributed by atoms with Crippen molar-refractivity contribution in [2.75, 3.05) is 31.4 Å². The van der Waals surface area contributed by atoms with Crippen molar-refractivity contribution in [1.82, 2.24) is 15.3 Å². The molecule has 1 aromatic heterocycles. The molecule has 3 aromatic rings. The Morgan fingerprint density at radius 1 is 1.03 bits per heavy atom. The molecule has 7 heteroatoms. The molecular weight excluding hydrogens is 402 g/mol. The zero-order chi connectivity index (χ0) is 21.8. The van der Waals surface area contributed by atoms with Gasteiger partial charge >= 0.3 is 0 Å². The van der Waals surface area contributed by atoms with Crippen LogP contribution in [0, 0.1) is 0 Å². The maximum atomic E-state index is 9.74. The Bertz CT molecular complexity index is 1030. The number of nitrogens with one attached hydrogen (secondary N) is 2. The van der Waals surface area contributed by atoms with Crippen LogP contribution in [0.15, 0.2) is 42.5 Å². The van der Waals surface area contributed by atoms with Crippen LogP contribution in [0.4, 0.5) is 11.8 Å². The molecule has 0 aliphatic heterocycles. The lowest BCUT2D eigenvalue weighted by Gasteiger charge is -2.30. The first kappa shape index (κ1) is 23.6. The number of ether oxygens (including phenoxy) is 1. The number of anilines is 2. The molecule has 0 radical (unpaired) electrons. The molecule has 32 heavy (non-hydrogen) atoms. The van der Waals surface area contributed by atoms with Crippen LogP contribution in [0.3, 0.4) is 0 Å². The highest BCUT2D eigenvalue weighted by Crippen LogP contribution is 2.28. The van der Waals surface area contributed by atoms with Gasteiger partial charge in [0, 0.05) is 38.1 Å². The van der Waals surface area contributed by atoms with Gasteiger partial charge in [0.15, 0.2) is 11.5 Å². The lowest BCUT2D eigenvalue weighted by molar-refractivity contribution is 0.350. The molecule has 7 nitrogen and oxygen atoms in total. The molecule has 4 rings (SSSR count). The van der Waals surface area contributed by atoms with E-state index in [4.69, 9.17) is 14.7 Å². The second-order valence-corrected chi connectivity index (χ2v) is 8.36. The molecular formula is C25H35N5O2. The number of benzene rings is 2. The zero-order valence-corrected chi connectivity index (χ0v) is 18.4. The summed E-state index contributed by atoms with van der Waals surface area (Å²) in [5.41, 5.74) is 2.07. The number of aromatic nitrogens is 2. The summed E-state index contributed by atoms with van der Waals surface area (Å²) in [5.74, 6) is 2.33. The summed E-state index contributed by atoms with van der Waals surface area (Å²) in [6.45, 7) is 0.763. The highest BCUT2D eigenvalue weighted by atomic mass is 16.5. The van der Waals surface area contributed by atoms with Crippen molar-refractivity contribution >= 4 is 22.7 Å². The van der Waals surface area contributed by atoms with E-state index in [9.17, 15) is 5.11 Å². The number of nitrogens with zero attached hydrogens (tertiary/aromatic N) is 3. The van der Waals surface area contributed by atoms with Crippen molar-refractivity contribution < 1.29 is 9.84 Å². The van der Waals surface area contributed by atoms with E-state index in [1.54, 1.807) is 13.2 Å². The Kier molecular flexibility index (Phi) is 7.75. The molecule has 1 heterocycles. The van der Waals surface area contributed by atoms with E-state index >= 15 is 0 Å². The predicted octanol–water partition coefficient (Wildman–Crippen LogP) is 4.56. The van der Waals surface area contributed by atoms with Gasteiger partial charge in [-0.15, -0.1) is 0 Å². The first-order chi connectivity index (χ1) is 15.0. The Morgan fingerprint density at radius 2 is 1.75 bits per heavy atom. The van der Waals surface area contributed by atoms with Crippen LogP contribution in [0.1, 0.15) is 38.7 Å². The fourth-order valence-electron chi connectivity index (χ4n) is 4.18. The number of aromatic hydroxyl groups is 1. The highest BCUT2D eigenvalue weighted by molar-refractivity contribution is 5.90. The average molecular weight is 438 g/mol. The van der Waals surface area contributed by atoms with Gasteiger partial charge in [0.2, 0.25) is 5.95 Å². The number of rotatable bonds is 7. The van der Waals surface area contributed by atoms with E-state index in [0.717, 1.165) is 54.5 Å². The third-order valence-corrected chi connectivity index (χ3v) is 5.91. The van der Waals surface area contributed by atoms with Crippen LogP contribution in [-0.4, -0.2) is 48.4 Å². The molecule has 3 N–H and O–H groups in total. The first-order valence-corrected chi connectivity index (χ1v) is 10.8.